The maximum atomic E-state index is 5.91. The molecule has 1 saturated carbocycles. The Bertz CT molecular complexity index is 323. The zero-order valence-corrected chi connectivity index (χ0v) is 11.4. The Morgan fingerprint density at radius 2 is 2.31 bits per heavy atom. The van der Waals surface area contributed by atoms with Gasteiger partial charge in [0.2, 0.25) is 0 Å². The van der Waals surface area contributed by atoms with Crippen LogP contribution in [0.3, 0.4) is 0 Å². The van der Waals surface area contributed by atoms with Gasteiger partial charge in [-0.1, -0.05) is 31.4 Å². The summed E-state index contributed by atoms with van der Waals surface area (Å²) >= 11 is 7.61. The maximum Gasteiger partial charge on any atom is 0.0931 e. The van der Waals surface area contributed by atoms with E-state index >= 15 is 0 Å². The molecule has 1 N–H and O–H groups in total. The van der Waals surface area contributed by atoms with Crippen LogP contribution in [0.1, 0.15) is 37.5 Å². The first-order valence-corrected chi connectivity index (χ1v) is 7.46. The average Bonchev–Trinajstić information content (AvgIpc) is 2.87. The van der Waals surface area contributed by atoms with Gasteiger partial charge in [0.05, 0.1) is 4.34 Å². The molecule has 2 atom stereocenters. The molecule has 90 valence electrons. The molecule has 0 bridgehead atoms. The van der Waals surface area contributed by atoms with Crippen molar-refractivity contribution in [2.45, 2.75) is 45.1 Å². The van der Waals surface area contributed by atoms with Crippen molar-refractivity contribution in [1.29, 1.82) is 0 Å². The number of nitrogens with one attached hydrogen (secondary N) is 1. The summed E-state index contributed by atoms with van der Waals surface area (Å²) in [6.07, 6.45) is 6.62. The Hall–Kier alpha value is -0.0500. The van der Waals surface area contributed by atoms with E-state index in [1.807, 2.05) is 6.07 Å². The summed E-state index contributed by atoms with van der Waals surface area (Å²) in [6.45, 7) is 3.40. The summed E-state index contributed by atoms with van der Waals surface area (Å²) in [5, 5.41) is 3.70. The SMILES string of the molecule is CCC1CCCC1NCCc1ccc(Cl)s1. The zero-order chi connectivity index (χ0) is 11.4. The third-order valence-electron chi connectivity index (χ3n) is 3.59. The standard InChI is InChI=1S/C13H20ClNS/c1-2-10-4-3-5-12(10)15-9-8-11-6-7-13(14)16-11/h6-7,10,12,15H,2-5,8-9H2,1H3. The molecule has 1 aliphatic carbocycles. The molecule has 1 aromatic heterocycles. The first kappa shape index (κ1) is 12.4. The highest BCUT2D eigenvalue weighted by Crippen LogP contribution is 2.28. The molecule has 1 aliphatic rings. The molecule has 0 amide bonds. The van der Waals surface area contributed by atoms with Gasteiger partial charge in [-0.2, -0.15) is 0 Å². The van der Waals surface area contributed by atoms with Gasteiger partial charge < -0.3 is 5.32 Å². The van der Waals surface area contributed by atoms with Crippen LogP contribution in [0, 0.1) is 5.92 Å². The molecule has 0 radical (unpaired) electrons. The van der Waals surface area contributed by atoms with Crippen LogP contribution >= 0.6 is 22.9 Å². The fourth-order valence-electron chi connectivity index (χ4n) is 2.66. The van der Waals surface area contributed by atoms with Gasteiger partial charge in [0.1, 0.15) is 0 Å². The molecule has 2 unspecified atom stereocenters. The lowest BCUT2D eigenvalue weighted by Gasteiger charge is -2.19. The molecule has 2 rings (SSSR count). The van der Waals surface area contributed by atoms with Crippen molar-refractivity contribution in [2.75, 3.05) is 6.54 Å². The zero-order valence-electron chi connectivity index (χ0n) is 9.84. The van der Waals surface area contributed by atoms with Gasteiger partial charge in [0.25, 0.3) is 0 Å². The first-order valence-electron chi connectivity index (χ1n) is 6.27. The summed E-state index contributed by atoms with van der Waals surface area (Å²) < 4.78 is 0.905. The number of halogens is 1. The average molecular weight is 258 g/mol. The van der Waals surface area contributed by atoms with Crippen LogP contribution in [-0.4, -0.2) is 12.6 Å². The lowest BCUT2D eigenvalue weighted by molar-refractivity contribution is 0.393. The third kappa shape index (κ3) is 3.22. The Morgan fingerprint density at radius 3 is 3.00 bits per heavy atom. The van der Waals surface area contributed by atoms with Crippen molar-refractivity contribution in [3.8, 4) is 0 Å². The highest BCUT2D eigenvalue weighted by molar-refractivity contribution is 7.16. The molecular weight excluding hydrogens is 238 g/mol. The topological polar surface area (TPSA) is 12.0 Å². The molecule has 1 nitrogen and oxygen atoms in total. The molecule has 0 aliphatic heterocycles. The van der Waals surface area contributed by atoms with Crippen molar-refractivity contribution in [3.63, 3.8) is 0 Å². The van der Waals surface area contributed by atoms with Crippen molar-refractivity contribution in [3.05, 3.63) is 21.3 Å². The molecular formula is C13H20ClNS. The summed E-state index contributed by atoms with van der Waals surface area (Å²) in [5.41, 5.74) is 0. The van der Waals surface area contributed by atoms with Gasteiger partial charge in [-0.05, 0) is 37.3 Å². The summed E-state index contributed by atoms with van der Waals surface area (Å²) in [4.78, 5) is 1.39. The number of hydrogen-bond donors (Lipinski definition) is 1. The number of hydrogen-bond acceptors (Lipinski definition) is 2. The Balaban J connectivity index is 1.71. The van der Waals surface area contributed by atoms with Gasteiger partial charge in [0.15, 0.2) is 0 Å². The van der Waals surface area contributed by atoms with Crippen molar-refractivity contribution in [2.24, 2.45) is 5.92 Å². The largest absolute Gasteiger partial charge is 0.313 e. The van der Waals surface area contributed by atoms with Crippen LogP contribution in [0.15, 0.2) is 12.1 Å². The molecule has 16 heavy (non-hydrogen) atoms. The van der Waals surface area contributed by atoms with Crippen molar-refractivity contribution >= 4 is 22.9 Å². The van der Waals surface area contributed by atoms with E-state index in [0.717, 1.165) is 29.3 Å². The van der Waals surface area contributed by atoms with Crippen LogP contribution < -0.4 is 5.32 Å². The highest BCUT2D eigenvalue weighted by atomic mass is 35.5. The van der Waals surface area contributed by atoms with Gasteiger partial charge in [-0.25, -0.2) is 0 Å². The normalized spacial score (nSPS) is 25.1. The summed E-state index contributed by atoms with van der Waals surface area (Å²) in [6, 6.07) is 4.90. The minimum Gasteiger partial charge on any atom is -0.313 e. The van der Waals surface area contributed by atoms with E-state index in [0.29, 0.717) is 0 Å². The minimum atomic E-state index is 0.764. The molecule has 1 heterocycles. The van der Waals surface area contributed by atoms with E-state index in [1.54, 1.807) is 11.3 Å². The van der Waals surface area contributed by atoms with E-state index in [1.165, 1.54) is 30.6 Å². The Morgan fingerprint density at radius 1 is 1.44 bits per heavy atom. The van der Waals surface area contributed by atoms with Crippen LogP contribution in [-0.2, 0) is 6.42 Å². The summed E-state index contributed by atoms with van der Waals surface area (Å²) in [5.74, 6) is 0.909. The smallest absolute Gasteiger partial charge is 0.0931 e. The van der Waals surface area contributed by atoms with E-state index in [2.05, 4.69) is 18.3 Å². The van der Waals surface area contributed by atoms with Gasteiger partial charge in [0, 0.05) is 17.5 Å². The van der Waals surface area contributed by atoms with Crippen LogP contribution in [0.25, 0.3) is 0 Å². The van der Waals surface area contributed by atoms with E-state index in [9.17, 15) is 0 Å². The Kier molecular flexibility index (Phi) is 4.68. The molecule has 0 spiro atoms. The van der Waals surface area contributed by atoms with E-state index in [-0.39, 0.29) is 0 Å². The first-order chi connectivity index (χ1) is 7.79. The predicted molar refractivity (Wildman–Crippen MR) is 72.5 cm³/mol. The molecule has 0 saturated heterocycles. The molecule has 1 aromatic rings. The van der Waals surface area contributed by atoms with Gasteiger partial charge in [-0.3, -0.25) is 0 Å². The number of thiophene rings is 1. The highest BCUT2D eigenvalue weighted by Gasteiger charge is 2.24. The lowest BCUT2D eigenvalue weighted by atomic mass is 10.0. The monoisotopic (exact) mass is 257 g/mol. The minimum absolute atomic E-state index is 0.764. The van der Waals surface area contributed by atoms with Crippen LogP contribution in [0.2, 0.25) is 4.34 Å². The maximum absolute atomic E-state index is 5.91. The second-order valence-electron chi connectivity index (χ2n) is 4.62. The molecule has 1 fully saturated rings. The van der Waals surface area contributed by atoms with Crippen molar-refractivity contribution in [1.82, 2.24) is 5.32 Å². The van der Waals surface area contributed by atoms with E-state index < -0.39 is 0 Å². The third-order valence-corrected chi connectivity index (χ3v) is 4.88. The summed E-state index contributed by atoms with van der Waals surface area (Å²) in [7, 11) is 0. The molecule has 0 aromatic carbocycles. The second-order valence-corrected chi connectivity index (χ2v) is 6.42. The Labute approximate surface area is 107 Å². The van der Waals surface area contributed by atoms with Gasteiger partial charge in [-0.15, -0.1) is 11.3 Å². The lowest BCUT2D eigenvalue weighted by Crippen LogP contribution is -2.33. The fraction of sp³-hybridized carbons (Fsp3) is 0.692. The number of rotatable bonds is 5. The second kappa shape index (κ2) is 6.04. The van der Waals surface area contributed by atoms with E-state index in [4.69, 9.17) is 11.6 Å². The quantitative estimate of drug-likeness (QED) is 0.837. The van der Waals surface area contributed by atoms with Crippen LogP contribution in [0.5, 0.6) is 0 Å². The predicted octanol–water partition coefficient (Wildman–Crippen LogP) is 4.11. The molecule has 3 heteroatoms. The van der Waals surface area contributed by atoms with Crippen LogP contribution in [0.4, 0.5) is 0 Å². The van der Waals surface area contributed by atoms with Gasteiger partial charge >= 0.3 is 0 Å². The van der Waals surface area contributed by atoms with Crippen molar-refractivity contribution < 1.29 is 0 Å². The fourth-order valence-corrected chi connectivity index (χ4v) is 3.75.